The van der Waals surface area contributed by atoms with Gasteiger partial charge in [0.25, 0.3) is 0 Å². The van der Waals surface area contributed by atoms with Crippen LogP contribution in [-0.4, -0.2) is 38.1 Å². The highest BCUT2D eigenvalue weighted by molar-refractivity contribution is 6.31. The highest BCUT2D eigenvalue weighted by Crippen LogP contribution is 2.30. The predicted octanol–water partition coefficient (Wildman–Crippen LogP) is 2.67. The zero-order valence-electron chi connectivity index (χ0n) is 14.5. The van der Waals surface area contributed by atoms with Gasteiger partial charge < -0.3 is 20.7 Å². The van der Waals surface area contributed by atoms with Gasteiger partial charge in [0.2, 0.25) is 11.8 Å². The average Bonchev–Trinajstić information content (AvgIpc) is 2.58. The van der Waals surface area contributed by atoms with Crippen LogP contribution in [0.5, 0.6) is 5.75 Å². The van der Waals surface area contributed by atoms with Gasteiger partial charge in [0.15, 0.2) is 0 Å². The summed E-state index contributed by atoms with van der Waals surface area (Å²) in [6, 6.07) is 3.30. The van der Waals surface area contributed by atoms with Crippen molar-refractivity contribution in [3.05, 3.63) is 22.7 Å². The molecule has 1 saturated heterocycles. The first-order chi connectivity index (χ1) is 11.5. The number of benzene rings is 1. The summed E-state index contributed by atoms with van der Waals surface area (Å²) in [5.41, 5.74) is 1.43. The molecule has 1 atom stereocenters. The van der Waals surface area contributed by atoms with E-state index in [2.05, 4.69) is 16.0 Å². The fraction of sp³-hybridized carbons (Fsp3) is 0.529. The van der Waals surface area contributed by atoms with Crippen LogP contribution in [0.3, 0.4) is 0 Å². The van der Waals surface area contributed by atoms with Gasteiger partial charge in [-0.15, -0.1) is 12.4 Å². The van der Waals surface area contributed by atoms with E-state index in [1.165, 1.54) is 7.11 Å². The van der Waals surface area contributed by atoms with Crippen molar-refractivity contribution in [2.24, 2.45) is 0 Å². The number of hydrogen-bond donors (Lipinski definition) is 3. The minimum atomic E-state index is -0.188. The van der Waals surface area contributed by atoms with Crippen molar-refractivity contribution in [2.45, 2.75) is 38.6 Å². The van der Waals surface area contributed by atoms with E-state index in [0.29, 0.717) is 23.0 Å². The summed E-state index contributed by atoms with van der Waals surface area (Å²) in [5.74, 6) is 0.281. The lowest BCUT2D eigenvalue weighted by Gasteiger charge is -2.22. The van der Waals surface area contributed by atoms with Gasteiger partial charge >= 0.3 is 0 Å². The first kappa shape index (κ1) is 21.5. The summed E-state index contributed by atoms with van der Waals surface area (Å²) in [6.07, 6.45) is 3.21. The van der Waals surface area contributed by atoms with Crippen LogP contribution in [-0.2, 0) is 9.59 Å². The molecule has 1 aliphatic rings. The van der Waals surface area contributed by atoms with Crippen molar-refractivity contribution < 1.29 is 14.3 Å². The molecule has 1 aromatic rings. The molecule has 1 fully saturated rings. The van der Waals surface area contributed by atoms with Gasteiger partial charge in [-0.05, 0) is 37.9 Å². The van der Waals surface area contributed by atoms with E-state index in [4.69, 9.17) is 16.3 Å². The summed E-state index contributed by atoms with van der Waals surface area (Å²) in [4.78, 5) is 24.0. The molecule has 3 N–H and O–H groups in total. The predicted molar refractivity (Wildman–Crippen MR) is 102 cm³/mol. The minimum absolute atomic E-state index is 0. The van der Waals surface area contributed by atoms with E-state index in [0.717, 1.165) is 31.4 Å². The first-order valence-corrected chi connectivity index (χ1v) is 8.54. The van der Waals surface area contributed by atoms with E-state index in [-0.39, 0.29) is 36.7 Å². The molecular weight excluding hydrogens is 365 g/mol. The Bertz CT molecular complexity index is 605. The van der Waals surface area contributed by atoms with Gasteiger partial charge in [-0.1, -0.05) is 18.0 Å². The molecule has 6 nitrogen and oxygen atoms in total. The Hall–Kier alpha value is -1.50. The largest absolute Gasteiger partial charge is 0.495 e. The molecule has 1 aromatic carbocycles. The van der Waals surface area contributed by atoms with Crippen molar-refractivity contribution in [1.82, 2.24) is 10.6 Å². The van der Waals surface area contributed by atoms with Gasteiger partial charge in [-0.3, -0.25) is 9.59 Å². The standard InChI is InChI=1S/C17H24ClN3O3.ClH/c1-11-9-14(15(24-2)10-12(11)18)21-16(22)6-8-20-17(23)13-5-3-4-7-19-13;/h9-10,13,19H,3-8H2,1-2H3,(H,20,23)(H,21,22);1H. The minimum Gasteiger partial charge on any atom is -0.495 e. The molecule has 0 aromatic heterocycles. The topological polar surface area (TPSA) is 79.5 Å². The molecule has 0 radical (unpaired) electrons. The first-order valence-electron chi connectivity index (χ1n) is 8.16. The van der Waals surface area contributed by atoms with Gasteiger partial charge in [-0.2, -0.15) is 0 Å². The number of carbonyl (C=O) groups is 2. The summed E-state index contributed by atoms with van der Waals surface area (Å²) >= 11 is 6.05. The van der Waals surface area contributed by atoms with E-state index < -0.39 is 0 Å². The Balaban J connectivity index is 0.00000312. The lowest BCUT2D eigenvalue weighted by Crippen LogP contribution is -2.47. The van der Waals surface area contributed by atoms with E-state index >= 15 is 0 Å². The number of piperidine rings is 1. The SMILES string of the molecule is COc1cc(Cl)c(C)cc1NC(=O)CCNC(=O)C1CCCCN1.Cl. The Morgan fingerprint density at radius 3 is 2.76 bits per heavy atom. The summed E-state index contributed by atoms with van der Waals surface area (Å²) in [6.45, 7) is 3.03. The number of anilines is 1. The second-order valence-electron chi connectivity index (χ2n) is 5.89. The number of nitrogens with one attached hydrogen (secondary N) is 3. The maximum atomic E-state index is 12.1. The Labute approximate surface area is 159 Å². The highest BCUT2D eigenvalue weighted by Gasteiger charge is 2.20. The maximum Gasteiger partial charge on any atom is 0.237 e. The number of ether oxygens (including phenoxy) is 1. The zero-order valence-corrected chi connectivity index (χ0v) is 16.1. The molecule has 2 rings (SSSR count). The van der Waals surface area contributed by atoms with E-state index in [9.17, 15) is 9.59 Å². The number of rotatable bonds is 6. The fourth-order valence-corrected chi connectivity index (χ4v) is 2.79. The third-order valence-corrected chi connectivity index (χ3v) is 4.44. The quantitative estimate of drug-likeness (QED) is 0.698. The van der Waals surface area contributed by atoms with Crippen LogP contribution in [0.4, 0.5) is 5.69 Å². The van der Waals surface area contributed by atoms with Gasteiger partial charge in [-0.25, -0.2) is 0 Å². The zero-order chi connectivity index (χ0) is 17.5. The van der Waals surface area contributed by atoms with Gasteiger partial charge in [0, 0.05) is 24.1 Å². The van der Waals surface area contributed by atoms with E-state index in [1.807, 2.05) is 6.92 Å². The molecular formula is C17H25Cl2N3O3. The number of amides is 2. The second kappa shape index (κ2) is 10.5. The second-order valence-corrected chi connectivity index (χ2v) is 6.30. The monoisotopic (exact) mass is 389 g/mol. The molecule has 1 heterocycles. The molecule has 8 heteroatoms. The fourth-order valence-electron chi connectivity index (χ4n) is 2.64. The molecule has 1 aliphatic heterocycles. The van der Waals surface area contributed by atoms with Gasteiger partial charge in [0.05, 0.1) is 18.8 Å². The summed E-state index contributed by atoms with van der Waals surface area (Å²) < 4.78 is 5.23. The lowest BCUT2D eigenvalue weighted by atomic mass is 10.0. The molecule has 1 unspecified atom stereocenters. The smallest absolute Gasteiger partial charge is 0.237 e. The number of methoxy groups -OCH3 is 1. The molecule has 0 bridgehead atoms. The number of halogens is 2. The summed E-state index contributed by atoms with van der Waals surface area (Å²) in [5, 5.41) is 9.36. The van der Waals surface area contributed by atoms with Crippen LogP contribution in [0, 0.1) is 6.92 Å². The molecule has 140 valence electrons. The third-order valence-electron chi connectivity index (χ3n) is 4.03. The van der Waals surface area contributed by atoms with Crippen LogP contribution in [0.2, 0.25) is 5.02 Å². The Morgan fingerprint density at radius 1 is 1.36 bits per heavy atom. The Morgan fingerprint density at radius 2 is 2.12 bits per heavy atom. The molecule has 2 amide bonds. The van der Waals surface area contributed by atoms with Crippen LogP contribution in [0.15, 0.2) is 12.1 Å². The number of carbonyl (C=O) groups excluding carboxylic acids is 2. The maximum absolute atomic E-state index is 12.1. The number of aryl methyl sites for hydroxylation is 1. The van der Waals surface area contributed by atoms with Crippen LogP contribution in [0.25, 0.3) is 0 Å². The average molecular weight is 390 g/mol. The number of hydrogen-bond acceptors (Lipinski definition) is 4. The molecule has 0 saturated carbocycles. The normalized spacial score (nSPS) is 16.5. The van der Waals surface area contributed by atoms with E-state index in [1.54, 1.807) is 12.1 Å². The lowest BCUT2D eigenvalue weighted by molar-refractivity contribution is -0.123. The molecule has 25 heavy (non-hydrogen) atoms. The Kier molecular flexibility index (Phi) is 9.03. The summed E-state index contributed by atoms with van der Waals surface area (Å²) in [7, 11) is 1.52. The van der Waals surface area contributed by atoms with Crippen LogP contribution < -0.4 is 20.7 Å². The highest BCUT2D eigenvalue weighted by atomic mass is 35.5. The molecule has 0 aliphatic carbocycles. The van der Waals surface area contributed by atoms with Crippen molar-refractivity contribution in [3.8, 4) is 5.75 Å². The van der Waals surface area contributed by atoms with Crippen LogP contribution in [0.1, 0.15) is 31.2 Å². The third kappa shape index (κ3) is 6.38. The van der Waals surface area contributed by atoms with Crippen molar-refractivity contribution in [3.63, 3.8) is 0 Å². The van der Waals surface area contributed by atoms with Crippen molar-refractivity contribution in [1.29, 1.82) is 0 Å². The van der Waals surface area contributed by atoms with Gasteiger partial charge in [0.1, 0.15) is 5.75 Å². The molecule has 0 spiro atoms. The van der Waals surface area contributed by atoms with Crippen molar-refractivity contribution >= 4 is 41.5 Å². The van der Waals surface area contributed by atoms with Crippen LogP contribution >= 0.6 is 24.0 Å². The van der Waals surface area contributed by atoms with Crippen molar-refractivity contribution in [2.75, 3.05) is 25.5 Å².